The largest absolute Gasteiger partial charge is 0.455 e. The van der Waals surface area contributed by atoms with Crippen molar-refractivity contribution in [1.82, 2.24) is 0 Å². The molecular weight excluding hydrogens is 344 g/mol. The molecule has 2 atom stereocenters. The lowest BCUT2D eigenvalue weighted by Gasteiger charge is -2.24. The molecule has 4 nitrogen and oxygen atoms in total. The van der Waals surface area contributed by atoms with Gasteiger partial charge >= 0.3 is 5.97 Å². The third-order valence-corrected chi connectivity index (χ3v) is 6.30. The number of carbonyl (C=O) groups is 1. The Balaban J connectivity index is 1.96. The van der Waals surface area contributed by atoms with Gasteiger partial charge in [0.15, 0.2) is 0 Å². The van der Waals surface area contributed by atoms with E-state index in [1.54, 1.807) is 0 Å². The summed E-state index contributed by atoms with van der Waals surface area (Å²) in [5.74, 6) is 1.91. The second-order valence-corrected chi connectivity index (χ2v) is 8.24. The number of carbonyl (C=O) groups excluding carboxylic acids is 1. The zero-order valence-corrected chi connectivity index (χ0v) is 15.4. The van der Waals surface area contributed by atoms with Crippen molar-refractivity contribution in [1.29, 1.82) is 0 Å². The predicted molar refractivity (Wildman–Crippen MR) is 100 cm³/mol. The fraction of sp³-hybridized carbons (Fsp3) is 0.500. The Hall–Kier alpha value is -0.950. The Morgan fingerprint density at radius 3 is 2.67 bits per heavy atom. The quantitative estimate of drug-likeness (QED) is 0.561. The number of rotatable bonds is 8. The summed E-state index contributed by atoms with van der Waals surface area (Å²) in [5, 5.41) is 9.66. The van der Waals surface area contributed by atoms with Crippen LogP contribution in [0, 0.1) is 0 Å². The zero-order valence-electron chi connectivity index (χ0n) is 13.8. The molecule has 6 heteroatoms. The molecule has 0 unspecified atom stereocenters. The van der Waals surface area contributed by atoms with Crippen LogP contribution in [-0.2, 0) is 20.9 Å². The first-order valence-electron chi connectivity index (χ1n) is 8.04. The summed E-state index contributed by atoms with van der Waals surface area (Å²) >= 11 is 3.77. The molecule has 1 aliphatic heterocycles. The molecule has 2 rings (SSSR count). The van der Waals surface area contributed by atoms with Crippen LogP contribution < -0.4 is 0 Å². The predicted octanol–water partition coefficient (Wildman–Crippen LogP) is 3.25. The SMILES string of the molecule is CC(=O)O[C@@H](/C=C/C1SCCCS1)[C@@H](CO)OCc1ccccc1. The Kier molecular flexibility index (Phi) is 8.74. The van der Waals surface area contributed by atoms with Crippen LogP contribution in [-0.4, -0.2) is 46.0 Å². The zero-order chi connectivity index (χ0) is 17.2. The van der Waals surface area contributed by atoms with Crippen LogP contribution in [0.2, 0.25) is 0 Å². The fourth-order valence-corrected chi connectivity index (χ4v) is 4.91. The number of benzene rings is 1. The Morgan fingerprint density at radius 2 is 2.04 bits per heavy atom. The third-order valence-electron chi connectivity index (χ3n) is 3.47. The number of hydrogen-bond donors (Lipinski definition) is 1. The van der Waals surface area contributed by atoms with Gasteiger partial charge in [-0.1, -0.05) is 36.4 Å². The van der Waals surface area contributed by atoms with Crippen molar-refractivity contribution >= 4 is 29.5 Å². The lowest BCUT2D eigenvalue weighted by Crippen LogP contribution is -2.34. The highest BCUT2D eigenvalue weighted by molar-refractivity contribution is 8.17. The molecule has 0 aromatic heterocycles. The summed E-state index contributed by atoms with van der Waals surface area (Å²) < 4.78 is 11.5. The minimum Gasteiger partial charge on any atom is -0.455 e. The average molecular weight is 369 g/mol. The van der Waals surface area contributed by atoms with E-state index in [1.807, 2.05) is 59.9 Å². The van der Waals surface area contributed by atoms with Gasteiger partial charge in [0.2, 0.25) is 0 Å². The lowest BCUT2D eigenvalue weighted by molar-refractivity contribution is -0.153. The summed E-state index contributed by atoms with van der Waals surface area (Å²) in [6.07, 6.45) is 3.97. The van der Waals surface area contributed by atoms with Gasteiger partial charge in [0.1, 0.15) is 12.2 Å². The fourth-order valence-electron chi connectivity index (χ4n) is 2.28. The molecule has 0 radical (unpaired) electrons. The summed E-state index contributed by atoms with van der Waals surface area (Å²) in [6, 6.07) is 9.74. The van der Waals surface area contributed by atoms with Crippen LogP contribution in [0.4, 0.5) is 0 Å². The summed E-state index contributed by atoms with van der Waals surface area (Å²) in [6.45, 7) is 1.53. The molecule has 0 spiro atoms. The van der Waals surface area contributed by atoms with Crippen LogP contribution in [0.1, 0.15) is 18.9 Å². The number of aliphatic hydroxyl groups is 1. The smallest absolute Gasteiger partial charge is 0.303 e. The van der Waals surface area contributed by atoms with Gasteiger partial charge in [0.05, 0.1) is 17.8 Å². The molecule has 1 heterocycles. The average Bonchev–Trinajstić information content (AvgIpc) is 2.61. The second-order valence-electron chi connectivity index (χ2n) is 5.44. The molecule has 1 saturated heterocycles. The first kappa shape index (κ1) is 19.4. The van der Waals surface area contributed by atoms with Crippen molar-refractivity contribution in [2.75, 3.05) is 18.1 Å². The lowest BCUT2D eigenvalue weighted by atomic mass is 10.2. The van der Waals surface area contributed by atoms with Crippen molar-refractivity contribution in [3.05, 3.63) is 48.0 Å². The van der Waals surface area contributed by atoms with Crippen molar-refractivity contribution in [2.45, 2.75) is 36.7 Å². The highest BCUT2D eigenvalue weighted by Gasteiger charge is 2.23. The first-order valence-corrected chi connectivity index (χ1v) is 10.1. The summed E-state index contributed by atoms with van der Waals surface area (Å²) in [4.78, 5) is 11.4. The van der Waals surface area contributed by atoms with Crippen LogP contribution in [0.3, 0.4) is 0 Å². The molecule has 1 N–H and O–H groups in total. The van der Waals surface area contributed by atoms with Crippen molar-refractivity contribution in [3.8, 4) is 0 Å². The van der Waals surface area contributed by atoms with Crippen molar-refractivity contribution in [2.24, 2.45) is 0 Å². The van der Waals surface area contributed by atoms with Crippen LogP contribution in [0.5, 0.6) is 0 Å². The minimum absolute atomic E-state index is 0.208. The standard InChI is InChI=1S/C18H24O4S2/c1-14(20)22-16(8-9-18-23-10-5-11-24-18)17(12-19)21-13-15-6-3-2-4-7-15/h2-4,6-9,16-19H,5,10-13H2,1H3/b9-8+/t16-,17+/m0/s1. The molecule has 0 bridgehead atoms. The molecular formula is C18H24O4S2. The number of aliphatic hydroxyl groups excluding tert-OH is 1. The highest BCUT2D eigenvalue weighted by Crippen LogP contribution is 2.31. The van der Waals surface area contributed by atoms with Crippen molar-refractivity contribution in [3.63, 3.8) is 0 Å². The van der Waals surface area contributed by atoms with Crippen LogP contribution >= 0.6 is 23.5 Å². The number of ether oxygens (including phenoxy) is 2. The van der Waals surface area contributed by atoms with E-state index < -0.39 is 12.2 Å². The third kappa shape index (κ3) is 6.89. The molecule has 0 amide bonds. The van der Waals surface area contributed by atoms with Gasteiger partial charge in [-0.15, -0.1) is 23.5 Å². The van der Waals surface area contributed by atoms with Gasteiger partial charge in [-0.2, -0.15) is 0 Å². The van der Waals surface area contributed by atoms with E-state index in [4.69, 9.17) is 9.47 Å². The highest BCUT2D eigenvalue weighted by atomic mass is 32.2. The molecule has 1 aromatic rings. The second kappa shape index (κ2) is 10.8. The number of thioether (sulfide) groups is 2. The normalized spacial score (nSPS) is 18.4. The van der Waals surface area contributed by atoms with E-state index >= 15 is 0 Å². The maximum absolute atomic E-state index is 11.4. The van der Waals surface area contributed by atoms with E-state index in [0.717, 1.165) is 17.1 Å². The van der Waals surface area contributed by atoms with E-state index in [0.29, 0.717) is 11.2 Å². The number of hydrogen-bond acceptors (Lipinski definition) is 6. The van der Waals surface area contributed by atoms with Gasteiger partial charge in [-0.05, 0) is 29.6 Å². The van der Waals surface area contributed by atoms with E-state index in [9.17, 15) is 9.90 Å². The molecule has 0 saturated carbocycles. The summed E-state index contributed by atoms with van der Waals surface area (Å²) in [7, 11) is 0. The van der Waals surface area contributed by atoms with Crippen LogP contribution in [0.25, 0.3) is 0 Å². The topological polar surface area (TPSA) is 55.8 Å². The summed E-state index contributed by atoms with van der Waals surface area (Å²) in [5.41, 5.74) is 1.01. The molecule has 1 aliphatic rings. The van der Waals surface area contributed by atoms with Gasteiger partial charge in [0, 0.05) is 6.92 Å². The van der Waals surface area contributed by atoms with Gasteiger partial charge < -0.3 is 14.6 Å². The molecule has 1 aromatic carbocycles. The van der Waals surface area contributed by atoms with Crippen molar-refractivity contribution < 1.29 is 19.4 Å². The number of esters is 1. The Morgan fingerprint density at radius 1 is 1.33 bits per heavy atom. The van der Waals surface area contributed by atoms with Gasteiger partial charge in [0.25, 0.3) is 0 Å². The molecule has 1 fully saturated rings. The first-order chi connectivity index (χ1) is 11.7. The Labute approximate surface area is 152 Å². The maximum Gasteiger partial charge on any atom is 0.303 e. The molecule has 132 valence electrons. The Bertz CT molecular complexity index is 515. The van der Waals surface area contributed by atoms with Crippen LogP contribution in [0.15, 0.2) is 42.5 Å². The molecule has 0 aliphatic carbocycles. The molecule has 24 heavy (non-hydrogen) atoms. The van der Waals surface area contributed by atoms with E-state index in [2.05, 4.69) is 6.08 Å². The van der Waals surface area contributed by atoms with Gasteiger partial charge in [-0.3, -0.25) is 4.79 Å². The van der Waals surface area contributed by atoms with Gasteiger partial charge in [-0.25, -0.2) is 0 Å². The monoisotopic (exact) mass is 368 g/mol. The van der Waals surface area contributed by atoms with E-state index in [1.165, 1.54) is 13.3 Å². The minimum atomic E-state index is -0.584. The van der Waals surface area contributed by atoms with E-state index in [-0.39, 0.29) is 12.6 Å². The maximum atomic E-state index is 11.4.